The first-order valence-corrected chi connectivity index (χ1v) is 5.84. The highest BCUT2D eigenvalue weighted by Gasteiger charge is 1.99. The first kappa shape index (κ1) is 12.0. The van der Waals surface area contributed by atoms with Gasteiger partial charge >= 0.3 is 0 Å². The van der Waals surface area contributed by atoms with Gasteiger partial charge in [-0.3, -0.25) is 0 Å². The summed E-state index contributed by atoms with van der Waals surface area (Å²) in [6.07, 6.45) is 0. The summed E-state index contributed by atoms with van der Waals surface area (Å²) in [4.78, 5) is 0. The third-order valence-corrected chi connectivity index (χ3v) is 2.92. The number of anilines is 1. The van der Waals surface area contributed by atoms with E-state index in [-0.39, 0.29) is 6.61 Å². The van der Waals surface area contributed by atoms with E-state index in [2.05, 4.69) is 5.32 Å². The lowest BCUT2D eigenvalue weighted by molar-refractivity contribution is 0.282. The largest absolute Gasteiger partial charge is 0.392 e. The smallest absolute Gasteiger partial charge is 0.0682 e. The lowest BCUT2D eigenvalue weighted by atomic mass is 10.2. The highest BCUT2D eigenvalue weighted by atomic mass is 35.5. The number of benzene rings is 2. The van der Waals surface area contributed by atoms with Crippen molar-refractivity contribution in [2.24, 2.45) is 0 Å². The van der Waals surface area contributed by atoms with Crippen LogP contribution in [0.2, 0.25) is 5.02 Å². The van der Waals surface area contributed by atoms with Gasteiger partial charge in [-0.25, -0.2) is 0 Å². The lowest BCUT2D eigenvalue weighted by Crippen LogP contribution is -2.00. The van der Waals surface area contributed by atoms with E-state index < -0.39 is 0 Å². The van der Waals surface area contributed by atoms with Crippen molar-refractivity contribution in [3.63, 3.8) is 0 Å². The van der Waals surface area contributed by atoms with Gasteiger partial charge in [0.2, 0.25) is 0 Å². The van der Waals surface area contributed by atoms with E-state index in [4.69, 9.17) is 16.7 Å². The lowest BCUT2D eigenvalue weighted by Gasteiger charge is -2.08. The third kappa shape index (κ3) is 3.22. The van der Waals surface area contributed by atoms with Crippen molar-refractivity contribution in [2.75, 3.05) is 5.32 Å². The van der Waals surface area contributed by atoms with Crippen LogP contribution in [0.4, 0.5) is 5.69 Å². The van der Waals surface area contributed by atoms with Gasteiger partial charge < -0.3 is 10.4 Å². The van der Waals surface area contributed by atoms with Crippen LogP contribution in [-0.2, 0) is 13.2 Å². The highest BCUT2D eigenvalue weighted by molar-refractivity contribution is 6.31. The number of hydrogen-bond acceptors (Lipinski definition) is 2. The summed E-state index contributed by atoms with van der Waals surface area (Å²) in [6, 6.07) is 15.5. The van der Waals surface area contributed by atoms with E-state index in [1.54, 1.807) is 0 Å². The van der Waals surface area contributed by atoms with E-state index in [1.165, 1.54) is 0 Å². The van der Waals surface area contributed by atoms with Gasteiger partial charge in [0.1, 0.15) is 0 Å². The maximum atomic E-state index is 9.04. The molecule has 2 aromatic carbocycles. The maximum absolute atomic E-state index is 9.04. The van der Waals surface area contributed by atoms with Gasteiger partial charge in [-0.1, -0.05) is 41.9 Å². The molecule has 0 bridgehead atoms. The minimum atomic E-state index is 0.0572. The summed E-state index contributed by atoms with van der Waals surface area (Å²) < 4.78 is 0. The zero-order valence-electron chi connectivity index (χ0n) is 9.36. The van der Waals surface area contributed by atoms with Crippen LogP contribution in [0.3, 0.4) is 0 Å². The molecule has 2 aromatic rings. The van der Waals surface area contributed by atoms with Gasteiger partial charge in [-0.15, -0.1) is 0 Å². The summed E-state index contributed by atoms with van der Waals surface area (Å²) in [7, 11) is 0. The monoisotopic (exact) mass is 247 g/mol. The molecule has 2 rings (SSSR count). The van der Waals surface area contributed by atoms with Crippen LogP contribution < -0.4 is 5.32 Å². The number of aliphatic hydroxyl groups is 1. The molecule has 0 aliphatic carbocycles. The molecule has 0 radical (unpaired) electrons. The van der Waals surface area contributed by atoms with Gasteiger partial charge in [0, 0.05) is 17.3 Å². The number of rotatable bonds is 4. The Morgan fingerprint density at radius 2 is 1.88 bits per heavy atom. The van der Waals surface area contributed by atoms with Gasteiger partial charge in [0.05, 0.1) is 6.61 Å². The fourth-order valence-electron chi connectivity index (χ4n) is 1.62. The Balaban J connectivity index is 2.05. The van der Waals surface area contributed by atoms with Crippen molar-refractivity contribution in [3.8, 4) is 0 Å². The minimum Gasteiger partial charge on any atom is -0.392 e. The van der Waals surface area contributed by atoms with Crippen LogP contribution in [0.25, 0.3) is 0 Å². The molecular formula is C14H14ClNO. The molecule has 3 heteroatoms. The minimum absolute atomic E-state index is 0.0572. The molecule has 0 saturated heterocycles. The van der Waals surface area contributed by atoms with Crippen molar-refractivity contribution >= 4 is 17.3 Å². The molecule has 0 aromatic heterocycles. The summed E-state index contributed by atoms with van der Waals surface area (Å²) in [6.45, 7) is 0.732. The summed E-state index contributed by atoms with van der Waals surface area (Å²) in [5.74, 6) is 0. The number of aliphatic hydroxyl groups excluding tert-OH is 1. The van der Waals surface area contributed by atoms with E-state index in [0.29, 0.717) is 6.54 Å². The molecule has 0 aliphatic rings. The molecule has 0 saturated carbocycles. The average molecular weight is 248 g/mol. The summed E-state index contributed by atoms with van der Waals surface area (Å²) >= 11 is 6.07. The molecule has 17 heavy (non-hydrogen) atoms. The fourth-order valence-corrected chi connectivity index (χ4v) is 1.82. The van der Waals surface area contributed by atoms with E-state index in [1.807, 2.05) is 48.5 Å². The second kappa shape index (κ2) is 5.71. The molecule has 0 fully saturated rings. The van der Waals surface area contributed by atoms with Crippen LogP contribution in [0.1, 0.15) is 11.1 Å². The molecule has 0 unspecified atom stereocenters. The molecule has 0 atom stereocenters. The predicted octanol–water partition coefficient (Wildman–Crippen LogP) is 3.44. The van der Waals surface area contributed by atoms with Crippen LogP contribution in [-0.4, -0.2) is 5.11 Å². The van der Waals surface area contributed by atoms with Crippen molar-refractivity contribution < 1.29 is 5.11 Å². The Labute approximate surface area is 106 Å². The molecule has 0 amide bonds. The summed E-state index contributed by atoms with van der Waals surface area (Å²) in [5, 5.41) is 13.1. The highest BCUT2D eigenvalue weighted by Crippen LogP contribution is 2.17. The van der Waals surface area contributed by atoms with E-state index in [9.17, 15) is 0 Å². The second-order valence-electron chi connectivity index (χ2n) is 3.80. The molecule has 2 nitrogen and oxygen atoms in total. The standard InChI is InChI=1S/C14H14ClNO/c15-14-7-2-1-5-12(14)9-16-13-6-3-4-11(8-13)10-17/h1-8,16-17H,9-10H2. The predicted molar refractivity (Wildman–Crippen MR) is 71.1 cm³/mol. The van der Waals surface area contributed by atoms with Crippen molar-refractivity contribution in [3.05, 3.63) is 64.7 Å². The van der Waals surface area contributed by atoms with E-state index in [0.717, 1.165) is 21.8 Å². The number of nitrogens with one attached hydrogen (secondary N) is 1. The fraction of sp³-hybridized carbons (Fsp3) is 0.143. The molecule has 2 N–H and O–H groups in total. The van der Waals surface area contributed by atoms with Crippen LogP contribution in [0.15, 0.2) is 48.5 Å². The Kier molecular flexibility index (Phi) is 4.02. The SMILES string of the molecule is OCc1cccc(NCc2ccccc2Cl)c1. The zero-order valence-corrected chi connectivity index (χ0v) is 10.1. The van der Waals surface area contributed by atoms with Crippen molar-refractivity contribution in [1.29, 1.82) is 0 Å². The van der Waals surface area contributed by atoms with Gasteiger partial charge in [-0.2, -0.15) is 0 Å². The average Bonchev–Trinajstić information content (AvgIpc) is 2.38. The Morgan fingerprint density at radius 1 is 1.06 bits per heavy atom. The Hall–Kier alpha value is -1.51. The molecule has 0 spiro atoms. The number of halogens is 1. The number of hydrogen-bond donors (Lipinski definition) is 2. The van der Waals surface area contributed by atoms with Crippen molar-refractivity contribution in [2.45, 2.75) is 13.2 Å². The normalized spacial score (nSPS) is 10.2. The molecule has 88 valence electrons. The third-order valence-electron chi connectivity index (χ3n) is 2.55. The Morgan fingerprint density at radius 3 is 2.65 bits per heavy atom. The van der Waals surface area contributed by atoms with E-state index >= 15 is 0 Å². The molecule has 0 aliphatic heterocycles. The van der Waals surface area contributed by atoms with Crippen LogP contribution in [0.5, 0.6) is 0 Å². The van der Waals surface area contributed by atoms with Crippen LogP contribution >= 0.6 is 11.6 Å². The second-order valence-corrected chi connectivity index (χ2v) is 4.21. The Bertz CT molecular complexity index is 499. The van der Waals surface area contributed by atoms with Gasteiger partial charge in [0.25, 0.3) is 0 Å². The summed E-state index contributed by atoms with van der Waals surface area (Å²) in [5.41, 5.74) is 2.94. The molecular weight excluding hydrogens is 234 g/mol. The first-order valence-electron chi connectivity index (χ1n) is 5.46. The quantitative estimate of drug-likeness (QED) is 0.868. The van der Waals surface area contributed by atoms with Gasteiger partial charge in [-0.05, 0) is 29.3 Å². The molecule has 0 heterocycles. The maximum Gasteiger partial charge on any atom is 0.0682 e. The van der Waals surface area contributed by atoms with Crippen molar-refractivity contribution in [1.82, 2.24) is 0 Å². The van der Waals surface area contributed by atoms with Crippen LogP contribution in [0, 0.1) is 0 Å². The van der Waals surface area contributed by atoms with Gasteiger partial charge in [0.15, 0.2) is 0 Å². The topological polar surface area (TPSA) is 32.3 Å². The first-order chi connectivity index (χ1) is 8.29. The zero-order chi connectivity index (χ0) is 12.1.